The van der Waals surface area contributed by atoms with E-state index in [1.54, 1.807) is 0 Å². The number of rotatable bonds is 42. The summed E-state index contributed by atoms with van der Waals surface area (Å²) in [4.78, 5) is 31.7. The SMILES string of the molecule is CCCCCCCCCCCCCCCCCCNC(=O)C(C(C)C)N(CCCN(CC)CC)C(=O)CCCCCCCCCCCCCCCCC. The highest BCUT2D eigenvalue weighted by Gasteiger charge is 2.31. The van der Waals surface area contributed by atoms with Crippen LogP contribution in [-0.4, -0.2) is 60.4 Å². The molecule has 0 aliphatic heterocycles. The van der Waals surface area contributed by atoms with Crippen molar-refractivity contribution in [1.29, 1.82) is 0 Å². The van der Waals surface area contributed by atoms with Crippen LogP contribution in [0.5, 0.6) is 0 Å². The summed E-state index contributed by atoms with van der Waals surface area (Å²) in [7, 11) is 0. The van der Waals surface area contributed by atoms with Crippen LogP contribution in [0.2, 0.25) is 0 Å². The minimum Gasteiger partial charge on any atom is -0.354 e. The maximum absolute atomic E-state index is 13.7. The van der Waals surface area contributed by atoms with E-state index in [1.807, 2.05) is 4.90 Å². The van der Waals surface area contributed by atoms with Gasteiger partial charge in [-0.25, -0.2) is 0 Å². The predicted octanol–water partition coefficient (Wildman–Crippen LogP) is 14.2. The third-order valence-electron chi connectivity index (χ3n) is 11.6. The van der Waals surface area contributed by atoms with Crippen molar-refractivity contribution >= 4 is 11.8 Å². The first-order valence-corrected chi connectivity index (χ1v) is 24.2. The second-order valence-corrected chi connectivity index (χ2v) is 17.0. The highest BCUT2D eigenvalue weighted by molar-refractivity contribution is 5.87. The van der Waals surface area contributed by atoms with Crippen molar-refractivity contribution in [3.63, 3.8) is 0 Å². The molecular formula is C48H97N3O2. The molecule has 0 fully saturated rings. The van der Waals surface area contributed by atoms with Crippen LogP contribution in [0.25, 0.3) is 0 Å². The molecule has 5 heteroatoms. The first-order valence-electron chi connectivity index (χ1n) is 24.2. The third kappa shape index (κ3) is 32.8. The van der Waals surface area contributed by atoms with Gasteiger partial charge in [0.15, 0.2) is 0 Å². The van der Waals surface area contributed by atoms with Gasteiger partial charge in [0, 0.05) is 19.5 Å². The molecule has 5 nitrogen and oxygen atoms in total. The number of hydrogen-bond donors (Lipinski definition) is 1. The van der Waals surface area contributed by atoms with Crippen molar-refractivity contribution < 1.29 is 9.59 Å². The molecular weight excluding hydrogens is 651 g/mol. The molecule has 0 aliphatic carbocycles. The zero-order chi connectivity index (χ0) is 39.0. The molecule has 0 aromatic carbocycles. The first kappa shape index (κ1) is 51.9. The lowest BCUT2D eigenvalue weighted by Crippen LogP contribution is -2.53. The van der Waals surface area contributed by atoms with Crippen molar-refractivity contribution in [2.24, 2.45) is 5.92 Å². The molecule has 0 radical (unpaired) electrons. The molecule has 1 N–H and O–H groups in total. The number of hydrogen-bond acceptors (Lipinski definition) is 3. The Morgan fingerprint density at radius 2 is 0.774 bits per heavy atom. The Morgan fingerprint density at radius 3 is 1.11 bits per heavy atom. The largest absolute Gasteiger partial charge is 0.354 e. The molecule has 2 amide bonds. The number of unbranched alkanes of at least 4 members (excludes halogenated alkanes) is 29. The Balaban J connectivity index is 4.39. The number of nitrogens with one attached hydrogen (secondary N) is 1. The summed E-state index contributed by atoms with van der Waals surface area (Å²) in [6, 6.07) is -0.378. The molecule has 0 aromatic heterocycles. The minimum atomic E-state index is -0.378. The van der Waals surface area contributed by atoms with Crippen molar-refractivity contribution in [3.8, 4) is 0 Å². The van der Waals surface area contributed by atoms with Gasteiger partial charge in [0.25, 0.3) is 0 Å². The molecule has 0 aliphatic rings. The predicted molar refractivity (Wildman–Crippen MR) is 235 cm³/mol. The minimum absolute atomic E-state index is 0.0497. The van der Waals surface area contributed by atoms with Gasteiger partial charge in [0.05, 0.1) is 0 Å². The monoisotopic (exact) mass is 748 g/mol. The smallest absolute Gasteiger partial charge is 0.243 e. The molecule has 0 rings (SSSR count). The second kappa shape index (κ2) is 40.6. The zero-order valence-corrected chi connectivity index (χ0v) is 37.2. The van der Waals surface area contributed by atoms with E-state index in [0.717, 1.165) is 51.9 Å². The molecule has 0 aromatic rings. The van der Waals surface area contributed by atoms with Crippen LogP contribution in [-0.2, 0) is 9.59 Å². The summed E-state index contributed by atoms with van der Waals surface area (Å²) in [6.45, 7) is 17.6. The van der Waals surface area contributed by atoms with Crippen LogP contribution in [0.1, 0.15) is 253 Å². The van der Waals surface area contributed by atoms with Gasteiger partial charge in [0.1, 0.15) is 6.04 Å². The summed E-state index contributed by atoms with van der Waals surface area (Å²) < 4.78 is 0. The molecule has 316 valence electrons. The molecule has 0 saturated carbocycles. The van der Waals surface area contributed by atoms with E-state index in [-0.39, 0.29) is 23.8 Å². The summed E-state index contributed by atoms with van der Waals surface area (Å²) in [5.41, 5.74) is 0. The average molecular weight is 748 g/mol. The summed E-state index contributed by atoms with van der Waals surface area (Å²) >= 11 is 0. The Kier molecular flexibility index (Phi) is 39.7. The molecule has 0 spiro atoms. The van der Waals surface area contributed by atoms with Crippen molar-refractivity contribution in [2.45, 2.75) is 259 Å². The second-order valence-electron chi connectivity index (χ2n) is 17.0. The van der Waals surface area contributed by atoms with E-state index in [2.05, 4.69) is 51.8 Å². The molecule has 0 bridgehead atoms. The van der Waals surface area contributed by atoms with Crippen molar-refractivity contribution in [1.82, 2.24) is 15.1 Å². The average Bonchev–Trinajstić information content (AvgIpc) is 3.15. The number of nitrogens with zero attached hydrogens (tertiary/aromatic N) is 2. The van der Waals surface area contributed by atoms with Gasteiger partial charge in [-0.2, -0.15) is 0 Å². The quantitative estimate of drug-likeness (QED) is 0.0633. The van der Waals surface area contributed by atoms with Gasteiger partial charge < -0.3 is 15.1 Å². The fourth-order valence-electron chi connectivity index (χ4n) is 8.01. The lowest BCUT2D eigenvalue weighted by molar-refractivity contribution is -0.142. The van der Waals surface area contributed by atoms with E-state index in [4.69, 9.17) is 0 Å². The Morgan fingerprint density at radius 1 is 0.434 bits per heavy atom. The topological polar surface area (TPSA) is 52.7 Å². The number of amides is 2. The Bertz CT molecular complexity index is 768. The van der Waals surface area contributed by atoms with E-state index < -0.39 is 0 Å². The highest BCUT2D eigenvalue weighted by atomic mass is 16.2. The van der Waals surface area contributed by atoms with Crippen LogP contribution in [0.4, 0.5) is 0 Å². The van der Waals surface area contributed by atoms with Crippen LogP contribution >= 0.6 is 0 Å². The maximum atomic E-state index is 13.7. The lowest BCUT2D eigenvalue weighted by Gasteiger charge is -2.34. The molecule has 1 unspecified atom stereocenters. The van der Waals surface area contributed by atoms with E-state index in [1.165, 1.54) is 180 Å². The zero-order valence-electron chi connectivity index (χ0n) is 37.2. The van der Waals surface area contributed by atoms with E-state index >= 15 is 0 Å². The maximum Gasteiger partial charge on any atom is 0.243 e. The van der Waals surface area contributed by atoms with Crippen LogP contribution < -0.4 is 5.32 Å². The van der Waals surface area contributed by atoms with Crippen LogP contribution in [0, 0.1) is 5.92 Å². The lowest BCUT2D eigenvalue weighted by atomic mass is 9.99. The van der Waals surface area contributed by atoms with Crippen LogP contribution in [0.15, 0.2) is 0 Å². The molecule has 1 atom stereocenters. The Labute approximate surface area is 333 Å². The Hall–Kier alpha value is -1.10. The summed E-state index contributed by atoms with van der Waals surface area (Å²) in [5, 5.41) is 3.25. The van der Waals surface area contributed by atoms with E-state index in [0.29, 0.717) is 13.0 Å². The molecule has 0 saturated heterocycles. The fourth-order valence-corrected chi connectivity index (χ4v) is 8.01. The van der Waals surface area contributed by atoms with Gasteiger partial charge in [-0.3, -0.25) is 9.59 Å². The summed E-state index contributed by atoms with van der Waals surface area (Å²) in [6.07, 6.45) is 43.0. The molecule has 0 heterocycles. The first-order chi connectivity index (χ1) is 25.9. The van der Waals surface area contributed by atoms with Gasteiger partial charge >= 0.3 is 0 Å². The fraction of sp³-hybridized carbons (Fsp3) is 0.958. The normalized spacial score (nSPS) is 12.2. The molecule has 53 heavy (non-hydrogen) atoms. The van der Waals surface area contributed by atoms with Crippen molar-refractivity contribution in [2.75, 3.05) is 32.7 Å². The number of carbonyl (C=O) groups is 2. The van der Waals surface area contributed by atoms with Crippen molar-refractivity contribution in [3.05, 3.63) is 0 Å². The van der Waals surface area contributed by atoms with E-state index in [9.17, 15) is 9.59 Å². The standard InChI is InChI=1S/C48H97N3O2/c1-7-11-13-15-17-19-21-23-25-27-29-31-33-35-37-39-42-49-48(53)47(45(5)6)51(44-40-43-50(9-3)10-4)46(52)41-38-36-34-32-30-28-26-24-22-20-18-16-14-12-8-2/h45,47H,7-44H2,1-6H3,(H,49,53). The van der Waals surface area contributed by atoms with Gasteiger partial charge in [-0.05, 0) is 44.8 Å². The van der Waals surface area contributed by atoms with Gasteiger partial charge in [0.2, 0.25) is 11.8 Å². The van der Waals surface area contributed by atoms with Gasteiger partial charge in [-0.15, -0.1) is 0 Å². The number of carbonyl (C=O) groups excluding carboxylic acids is 2. The summed E-state index contributed by atoms with van der Waals surface area (Å²) in [5.74, 6) is 0.323. The highest BCUT2D eigenvalue weighted by Crippen LogP contribution is 2.18. The van der Waals surface area contributed by atoms with Gasteiger partial charge in [-0.1, -0.05) is 228 Å². The third-order valence-corrected chi connectivity index (χ3v) is 11.6. The van der Waals surface area contributed by atoms with Crippen LogP contribution in [0.3, 0.4) is 0 Å².